The number of hydrogen-bond donors (Lipinski definition) is 1. The average Bonchev–Trinajstić information content (AvgIpc) is 3.21. The quantitative estimate of drug-likeness (QED) is 0.531. The van der Waals surface area contributed by atoms with Gasteiger partial charge in [-0.3, -0.25) is 9.78 Å². The fourth-order valence-corrected chi connectivity index (χ4v) is 5.82. The fourth-order valence-electron chi connectivity index (χ4n) is 5.82. The molecule has 5 rings (SSSR count). The molecule has 1 atom stereocenters. The Balaban J connectivity index is 1.43. The largest absolute Gasteiger partial charge is 0.339 e. The van der Waals surface area contributed by atoms with Crippen LogP contribution in [-0.2, 0) is 6.42 Å². The van der Waals surface area contributed by atoms with E-state index >= 15 is 0 Å². The molecule has 1 amide bonds. The number of piperidine rings is 1. The molecule has 1 aromatic carbocycles. The van der Waals surface area contributed by atoms with E-state index in [1.54, 1.807) is 18.0 Å². The lowest BCUT2D eigenvalue weighted by Gasteiger charge is -2.42. The van der Waals surface area contributed by atoms with Crippen molar-refractivity contribution in [3.05, 3.63) is 59.3 Å². The molecule has 2 aromatic heterocycles. The molecule has 0 saturated carbocycles. The number of nitrogens with zero attached hydrogens (tertiary/aromatic N) is 4. The van der Waals surface area contributed by atoms with E-state index in [1.165, 1.54) is 42.5 Å². The van der Waals surface area contributed by atoms with Crippen LogP contribution < -0.4 is 5.32 Å². The van der Waals surface area contributed by atoms with E-state index in [0.717, 1.165) is 49.6 Å². The number of fused-ring (bicyclic) bond motifs is 1. The van der Waals surface area contributed by atoms with Crippen molar-refractivity contribution in [2.24, 2.45) is 11.8 Å². The number of hydrogen-bond acceptors (Lipinski definition) is 4. The van der Waals surface area contributed by atoms with Crippen molar-refractivity contribution in [1.82, 2.24) is 24.7 Å². The minimum Gasteiger partial charge on any atom is -0.339 e. The van der Waals surface area contributed by atoms with Crippen molar-refractivity contribution in [3.63, 3.8) is 0 Å². The first-order valence-corrected chi connectivity index (χ1v) is 13.3. The van der Waals surface area contributed by atoms with Gasteiger partial charge in [-0.05, 0) is 94.3 Å². The molecule has 2 aliphatic heterocycles. The maximum Gasteiger partial charge on any atom is 0.256 e. The van der Waals surface area contributed by atoms with E-state index in [1.807, 2.05) is 30.8 Å². The predicted molar refractivity (Wildman–Crippen MR) is 142 cm³/mol. The molecule has 0 radical (unpaired) electrons. The highest BCUT2D eigenvalue weighted by Gasteiger charge is 2.30. The van der Waals surface area contributed by atoms with E-state index in [4.69, 9.17) is 0 Å². The molecule has 192 valence electrons. The Bertz CT molecular complexity index is 1240. The number of rotatable bonds is 7. The second-order valence-electron chi connectivity index (χ2n) is 11.0. The zero-order chi connectivity index (χ0) is 25.4. The summed E-state index contributed by atoms with van der Waals surface area (Å²) in [5.41, 5.74) is 4.42. The summed E-state index contributed by atoms with van der Waals surface area (Å²) >= 11 is 0. The van der Waals surface area contributed by atoms with Gasteiger partial charge >= 0.3 is 0 Å². The number of nitrogens with one attached hydrogen (secondary N) is 1. The van der Waals surface area contributed by atoms with Crippen molar-refractivity contribution in [2.75, 3.05) is 39.8 Å². The van der Waals surface area contributed by atoms with Crippen LogP contribution in [0.25, 0.3) is 16.6 Å². The molecule has 2 saturated heterocycles. The van der Waals surface area contributed by atoms with Crippen molar-refractivity contribution in [3.8, 4) is 5.69 Å². The number of carbonyl (C=O) groups is 1. The SMILES string of the molecule is Cc1cncc2c1c(CC1CN(CC3CCCNC3)C1)cn2-c1ccc(F)cc1C(=O)N(C)C(C)C. The second-order valence-corrected chi connectivity index (χ2v) is 11.0. The highest BCUT2D eigenvalue weighted by molar-refractivity contribution is 5.99. The minimum atomic E-state index is -0.409. The summed E-state index contributed by atoms with van der Waals surface area (Å²) in [4.78, 5) is 22.0. The maximum atomic E-state index is 14.3. The van der Waals surface area contributed by atoms with Crippen LogP contribution in [0.1, 0.15) is 48.2 Å². The summed E-state index contributed by atoms with van der Waals surface area (Å²) in [6, 6.07) is 4.52. The van der Waals surface area contributed by atoms with Gasteiger partial charge in [0.25, 0.3) is 5.91 Å². The van der Waals surface area contributed by atoms with Crippen molar-refractivity contribution >= 4 is 16.8 Å². The van der Waals surface area contributed by atoms with Crippen LogP contribution in [0.3, 0.4) is 0 Å². The van der Waals surface area contributed by atoms with Gasteiger partial charge < -0.3 is 19.7 Å². The monoisotopic (exact) mass is 491 g/mol. The normalized spacial score (nSPS) is 19.1. The minimum absolute atomic E-state index is 0.0143. The number of halogens is 1. The third kappa shape index (κ3) is 4.91. The third-order valence-electron chi connectivity index (χ3n) is 7.98. The number of aryl methyl sites for hydroxylation is 1. The molecule has 2 aliphatic rings. The fraction of sp³-hybridized carbons (Fsp3) is 0.517. The van der Waals surface area contributed by atoms with Gasteiger partial charge in [-0.2, -0.15) is 0 Å². The Morgan fingerprint density at radius 1 is 1.25 bits per heavy atom. The van der Waals surface area contributed by atoms with Gasteiger partial charge in [-0.1, -0.05) is 0 Å². The molecule has 4 heterocycles. The van der Waals surface area contributed by atoms with E-state index in [2.05, 4.69) is 28.3 Å². The first-order valence-electron chi connectivity index (χ1n) is 13.3. The second kappa shape index (κ2) is 10.3. The highest BCUT2D eigenvalue weighted by atomic mass is 19.1. The summed E-state index contributed by atoms with van der Waals surface area (Å²) in [5.74, 6) is 0.797. The summed E-state index contributed by atoms with van der Waals surface area (Å²) in [6.07, 6.45) is 9.52. The van der Waals surface area contributed by atoms with Gasteiger partial charge in [0.1, 0.15) is 5.82 Å². The number of amides is 1. The molecular formula is C29H38FN5O. The number of carbonyl (C=O) groups excluding carboxylic acids is 1. The van der Waals surface area contributed by atoms with Gasteiger partial charge in [0.2, 0.25) is 0 Å². The van der Waals surface area contributed by atoms with Gasteiger partial charge in [-0.15, -0.1) is 0 Å². The van der Waals surface area contributed by atoms with Gasteiger partial charge in [-0.25, -0.2) is 4.39 Å². The standard InChI is InChI=1S/C29H38FN5O/c1-19(2)33(4)29(36)25-11-24(30)7-8-26(25)35-18-23(28-20(3)12-32-14-27(28)35)10-22-16-34(17-22)15-21-6-5-9-31-13-21/h7-8,11-12,14,18-19,21-22,31H,5-6,9-10,13,15-17H2,1-4H3. The van der Waals surface area contributed by atoms with Gasteiger partial charge in [0, 0.05) is 50.5 Å². The molecule has 2 fully saturated rings. The molecule has 36 heavy (non-hydrogen) atoms. The van der Waals surface area contributed by atoms with Crippen molar-refractivity contribution in [2.45, 2.75) is 46.1 Å². The van der Waals surface area contributed by atoms with Crippen molar-refractivity contribution < 1.29 is 9.18 Å². The molecule has 0 aliphatic carbocycles. The molecule has 7 heteroatoms. The predicted octanol–water partition coefficient (Wildman–Crippen LogP) is 4.43. The molecule has 0 spiro atoms. The number of aromatic nitrogens is 2. The molecule has 3 aromatic rings. The van der Waals surface area contributed by atoms with Crippen molar-refractivity contribution in [1.29, 1.82) is 0 Å². The first kappa shape index (κ1) is 24.9. The molecule has 1 N–H and O–H groups in total. The maximum absolute atomic E-state index is 14.3. The lowest BCUT2D eigenvalue weighted by atomic mass is 9.89. The van der Waals surface area contributed by atoms with E-state index < -0.39 is 5.82 Å². The van der Waals surface area contributed by atoms with Gasteiger partial charge in [0.05, 0.1) is 23.0 Å². The third-order valence-corrected chi connectivity index (χ3v) is 7.98. The highest BCUT2D eigenvalue weighted by Crippen LogP contribution is 2.33. The summed E-state index contributed by atoms with van der Waals surface area (Å²) < 4.78 is 16.3. The number of benzene rings is 1. The zero-order valence-electron chi connectivity index (χ0n) is 21.9. The zero-order valence-corrected chi connectivity index (χ0v) is 21.9. The molecule has 0 bridgehead atoms. The van der Waals surface area contributed by atoms with Crippen LogP contribution in [0.2, 0.25) is 0 Å². The number of likely N-dealkylation sites (tertiary alicyclic amines) is 1. The Hall–Kier alpha value is -2.77. The smallest absolute Gasteiger partial charge is 0.256 e. The van der Waals surface area contributed by atoms with Crippen LogP contribution in [0.5, 0.6) is 0 Å². The Kier molecular flexibility index (Phi) is 7.13. The topological polar surface area (TPSA) is 53.4 Å². The number of pyridine rings is 1. The summed E-state index contributed by atoms with van der Waals surface area (Å²) in [6.45, 7) is 11.8. The van der Waals surface area contributed by atoms with E-state index in [0.29, 0.717) is 17.2 Å². The molecular weight excluding hydrogens is 453 g/mol. The van der Waals surface area contributed by atoms with E-state index in [9.17, 15) is 9.18 Å². The van der Waals surface area contributed by atoms with Crippen LogP contribution in [0.15, 0.2) is 36.8 Å². The summed E-state index contributed by atoms with van der Waals surface area (Å²) in [7, 11) is 1.76. The van der Waals surface area contributed by atoms with Crippen LogP contribution >= 0.6 is 0 Å². The first-order chi connectivity index (χ1) is 17.3. The lowest BCUT2D eigenvalue weighted by molar-refractivity contribution is 0.0754. The Labute approximate surface area is 213 Å². The lowest BCUT2D eigenvalue weighted by Crippen LogP contribution is -2.51. The summed E-state index contributed by atoms with van der Waals surface area (Å²) in [5, 5.41) is 4.72. The van der Waals surface area contributed by atoms with Crippen LogP contribution in [0, 0.1) is 24.6 Å². The van der Waals surface area contributed by atoms with E-state index in [-0.39, 0.29) is 11.9 Å². The van der Waals surface area contributed by atoms with Gasteiger partial charge in [0.15, 0.2) is 0 Å². The average molecular weight is 492 g/mol. The van der Waals surface area contributed by atoms with Crippen LogP contribution in [-0.4, -0.2) is 71.1 Å². The van der Waals surface area contributed by atoms with Crippen LogP contribution in [0.4, 0.5) is 4.39 Å². The molecule has 6 nitrogen and oxygen atoms in total. The Morgan fingerprint density at radius 3 is 2.78 bits per heavy atom. The Morgan fingerprint density at radius 2 is 2.06 bits per heavy atom. The molecule has 1 unspecified atom stereocenters.